The normalized spacial score (nSPS) is 12.9. The lowest BCUT2D eigenvalue weighted by Gasteiger charge is -2.29. The Morgan fingerprint density at radius 1 is 0.338 bits per heavy atom. The second-order valence-corrected chi connectivity index (χ2v) is 23.7. The number of rotatable bonds is 6. The first-order chi connectivity index (χ1) is 35.6. The molecule has 14 aromatic rings. The van der Waals surface area contributed by atoms with Crippen molar-refractivity contribution in [1.82, 2.24) is 13.8 Å². The summed E-state index contributed by atoms with van der Waals surface area (Å²) in [5, 5.41) is 12.4. The van der Waals surface area contributed by atoms with E-state index in [4.69, 9.17) is 4.98 Å². The summed E-state index contributed by atoms with van der Waals surface area (Å²) in [6.45, 7) is 21.1. The van der Waals surface area contributed by atoms with Gasteiger partial charge in [0.05, 0.1) is 45.2 Å². The Kier molecular flexibility index (Phi) is 9.31. The van der Waals surface area contributed by atoms with Gasteiger partial charge in [0.25, 0.3) is 0 Å². The van der Waals surface area contributed by atoms with Crippen LogP contribution in [0.5, 0.6) is 0 Å². The van der Waals surface area contributed by atoms with Crippen molar-refractivity contribution in [3.05, 3.63) is 211 Å². The van der Waals surface area contributed by atoms with Crippen LogP contribution < -0.4 is 9.80 Å². The second kappa shape index (κ2) is 15.6. The second-order valence-electron chi connectivity index (χ2n) is 23.7. The van der Waals surface area contributed by atoms with E-state index in [1.165, 1.54) is 87.1 Å². The summed E-state index contributed by atoms with van der Waals surface area (Å²) in [5.41, 5.74) is 17.1. The van der Waals surface area contributed by atoms with Crippen LogP contribution in [0.2, 0.25) is 0 Å². The fourth-order valence-electron chi connectivity index (χ4n) is 12.2. The van der Waals surface area contributed by atoms with E-state index >= 15 is 0 Å². The standard InChI is InChI=1S/C69H59N5/c1-67(2,3)43-35-52-54-37-45(69(7,8)9)40-57(72(48-29-18-12-19-30-48)49-31-20-13-21-32-49)64(54)74-62(52)55(38-43)60-61-58(41-70-66(60)74)73-63-53(51-34-42-24-22-23-33-50(42)59(61)65(51)73)36-44(68(4,5)6)39-56(63)71(46-25-14-10-15-26-46)47-27-16-11-17-28-47/h10-41H,1-9H3. The third-order valence-corrected chi connectivity index (χ3v) is 15.9. The summed E-state index contributed by atoms with van der Waals surface area (Å²) in [6, 6.07) is 69.8. The summed E-state index contributed by atoms with van der Waals surface area (Å²) in [5.74, 6) is 0. The number of benzene rings is 9. The Bertz CT molecular complexity index is 4430. The Morgan fingerprint density at radius 3 is 1.20 bits per heavy atom. The van der Waals surface area contributed by atoms with Crippen LogP contribution in [-0.2, 0) is 16.2 Å². The number of aromatic nitrogens is 3. The lowest BCUT2D eigenvalue weighted by Crippen LogP contribution is -2.15. The summed E-state index contributed by atoms with van der Waals surface area (Å²) in [7, 11) is 0. The zero-order valence-corrected chi connectivity index (χ0v) is 43.7. The Balaban J connectivity index is 1.22. The van der Waals surface area contributed by atoms with Crippen molar-refractivity contribution < 1.29 is 0 Å². The number of fused-ring (bicyclic) bond motifs is 15. The molecular weight excluding hydrogens is 899 g/mol. The fraction of sp³-hybridized carbons (Fsp3) is 0.174. The topological polar surface area (TPSA) is 28.2 Å². The maximum atomic E-state index is 5.80. The van der Waals surface area contributed by atoms with E-state index in [0.29, 0.717) is 0 Å². The molecule has 0 amide bonds. The Labute approximate surface area is 432 Å². The van der Waals surface area contributed by atoms with Gasteiger partial charge in [-0.05, 0) is 135 Å². The van der Waals surface area contributed by atoms with E-state index in [2.05, 4.69) is 275 Å². The van der Waals surface area contributed by atoms with Gasteiger partial charge >= 0.3 is 0 Å². The summed E-state index contributed by atoms with van der Waals surface area (Å²) >= 11 is 0. The van der Waals surface area contributed by atoms with E-state index in [9.17, 15) is 0 Å². The highest BCUT2D eigenvalue weighted by Gasteiger charge is 2.33. The first-order valence-corrected chi connectivity index (χ1v) is 26.2. The number of para-hydroxylation sites is 4. The van der Waals surface area contributed by atoms with Gasteiger partial charge in [-0.1, -0.05) is 159 Å². The number of hydrogen-bond acceptors (Lipinski definition) is 3. The number of nitrogens with zero attached hydrogens (tertiary/aromatic N) is 5. The van der Waals surface area contributed by atoms with Crippen molar-refractivity contribution in [2.24, 2.45) is 0 Å². The number of pyridine rings is 1. The SMILES string of the molecule is CC(C)(C)c1cc(N(c2ccccc2)c2ccccc2)c2c(c1)c1cc3ccccc3c3c4c5c6cc(C(C)(C)C)cc7c8cc(C(C)(C)C)cc(N(c9ccccc9)c9ccccc9)c8n(c5ncc4n2c13)c76. The molecule has 0 aliphatic carbocycles. The van der Waals surface area contributed by atoms with Gasteiger partial charge in [0.1, 0.15) is 5.65 Å². The van der Waals surface area contributed by atoms with Crippen LogP contribution >= 0.6 is 0 Å². The van der Waals surface area contributed by atoms with Crippen molar-refractivity contribution >= 4 is 121 Å². The molecule has 5 heterocycles. The molecule has 0 unspecified atom stereocenters. The summed E-state index contributed by atoms with van der Waals surface area (Å²) < 4.78 is 5.12. The molecule has 0 saturated carbocycles. The number of hydrogen-bond donors (Lipinski definition) is 0. The predicted octanol–water partition coefficient (Wildman–Crippen LogP) is 19.4. The third kappa shape index (κ3) is 6.38. The maximum Gasteiger partial charge on any atom is 0.146 e. The van der Waals surface area contributed by atoms with E-state index in [1.54, 1.807) is 0 Å². The highest BCUT2D eigenvalue weighted by atomic mass is 15.2. The van der Waals surface area contributed by atoms with Crippen LogP contribution in [0.1, 0.15) is 79.0 Å². The molecule has 0 fully saturated rings. The first kappa shape index (κ1) is 44.3. The van der Waals surface area contributed by atoms with Crippen molar-refractivity contribution in [2.75, 3.05) is 9.80 Å². The average Bonchev–Trinajstić information content (AvgIpc) is 4.12. The minimum absolute atomic E-state index is 0.122. The third-order valence-electron chi connectivity index (χ3n) is 15.9. The quantitative estimate of drug-likeness (QED) is 0.166. The zero-order valence-electron chi connectivity index (χ0n) is 43.7. The van der Waals surface area contributed by atoms with E-state index in [-0.39, 0.29) is 16.2 Å². The van der Waals surface area contributed by atoms with Gasteiger partial charge in [0.2, 0.25) is 0 Å². The van der Waals surface area contributed by atoms with Crippen LogP contribution in [0, 0.1) is 0 Å². The molecule has 14 rings (SSSR count). The molecule has 74 heavy (non-hydrogen) atoms. The lowest BCUT2D eigenvalue weighted by molar-refractivity contribution is 0.591. The van der Waals surface area contributed by atoms with Crippen molar-refractivity contribution in [3.8, 4) is 0 Å². The largest absolute Gasteiger partial charge is 0.308 e. The smallest absolute Gasteiger partial charge is 0.146 e. The Morgan fingerprint density at radius 2 is 0.730 bits per heavy atom. The van der Waals surface area contributed by atoms with Crippen molar-refractivity contribution in [2.45, 2.75) is 78.6 Å². The number of anilines is 6. The van der Waals surface area contributed by atoms with Gasteiger partial charge in [-0.2, -0.15) is 0 Å². The minimum atomic E-state index is -0.135. The maximum absolute atomic E-state index is 5.80. The molecule has 0 aliphatic heterocycles. The molecule has 360 valence electrons. The van der Waals surface area contributed by atoms with E-state index in [0.717, 1.165) is 50.8 Å². The average molecular weight is 958 g/mol. The van der Waals surface area contributed by atoms with Crippen LogP contribution in [0.25, 0.3) is 87.1 Å². The minimum Gasteiger partial charge on any atom is -0.308 e. The van der Waals surface area contributed by atoms with Crippen LogP contribution in [0.15, 0.2) is 194 Å². The highest BCUT2D eigenvalue weighted by molar-refractivity contribution is 6.40. The molecule has 9 aromatic carbocycles. The first-order valence-electron chi connectivity index (χ1n) is 26.2. The molecule has 0 N–H and O–H groups in total. The van der Waals surface area contributed by atoms with Gasteiger partial charge < -0.3 is 14.2 Å². The predicted molar refractivity (Wildman–Crippen MR) is 317 cm³/mol. The van der Waals surface area contributed by atoms with Crippen LogP contribution in [-0.4, -0.2) is 13.8 Å². The lowest BCUT2D eigenvalue weighted by atomic mass is 9.83. The molecular formula is C69H59N5. The molecule has 0 aliphatic rings. The highest BCUT2D eigenvalue weighted by Crippen LogP contribution is 2.54. The van der Waals surface area contributed by atoms with Gasteiger partial charge in [0.15, 0.2) is 0 Å². The van der Waals surface area contributed by atoms with Gasteiger partial charge in [0, 0.05) is 65.8 Å². The monoisotopic (exact) mass is 957 g/mol. The molecule has 0 spiro atoms. The van der Waals surface area contributed by atoms with Gasteiger partial charge in [-0.3, -0.25) is 4.40 Å². The molecule has 0 atom stereocenters. The molecule has 5 aromatic heterocycles. The van der Waals surface area contributed by atoms with E-state index in [1.807, 2.05) is 0 Å². The van der Waals surface area contributed by atoms with Crippen LogP contribution in [0.3, 0.4) is 0 Å². The summed E-state index contributed by atoms with van der Waals surface area (Å²) in [6.07, 6.45) is 2.20. The van der Waals surface area contributed by atoms with Crippen LogP contribution in [0.4, 0.5) is 34.1 Å². The van der Waals surface area contributed by atoms with E-state index < -0.39 is 0 Å². The zero-order chi connectivity index (χ0) is 50.6. The van der Waals surface area contributed by atoms with Crippen molar-refractivity contribution in [1.29, 1.82) is 0 Å². The van der Waals surface area contributed by atoms with Gasteiger partial charge in [-0.15, -0.1) is 0 Å². The van der Waals surface area contributed by atoms with Crippen molar-refractivity contribution in [3.63, 3.8) is 0 Å². The molecule has 0 radical (unpaired) electrons. The fourth-order valence-corrected chi connectivity index (χ4v) is 12.2. The molecule has 0 bridgehead atoms. The molecule has 5 nitrogen and oxygen atoms in total. The molecule has 0 saturated heterocycles. The van der Waals surface area contributed by atoms with Gasteiger partial charge in [-0.25, -0.2) is 4.98 Å². The summed E-state index contributed by atoms with van der Waals surface area (Å²) in [4.78, 5) is 10.7. The Hall–Kier alpha value is -8.41. The molecule has 5 heteroatoms.